The predicted molar refractivity (Wildman–Crippen MR) is 132 cm³/mol. The summed E-state index contributed by atoms with van der Waals surface area (Å²) in [6.07, 6.45) is 1.76. The number of piperidine rings is 1. The van der Waals surface area contributed by atoms with Crippen molar-refractivity contribution in [2.75, 3.05) is 11.4 Å². The summed E-state index contributed by atoms with van der Waals surface area (Å²) in [4.78, 5) is 31.4. The van der Waals surface area contributed by atoms with Gasteiger partial charge in [0, 0.05) is 36.7 Å². The van der Waals surface area contributed by atoms with Crippen LogP contribution in [-0.4, -0.2) is 33.1 Å². The van der Waals surface area contributed by atoms with Gasteiger partial charge in [0.25, 0.3) is 0 Å². The van der Waals surface area contributed by atoms with E-state index in [1.54, 1.807) is 0 Å². The van der Waals surface area contributed by atoms with E-state index in [0.717, 1.165) is 40.0 Å². The zero-order chi connectivity index (χ0) is 25.8. The quantitative estimate of drug-likeness (QED) is 0.426. The average Bonchev–Trinajstić information content (AvgIpc) is 3.55. The number of amides is 2. The van der Waals surface area contributed by atoms with Crippen LogP contribution >= 0.6 is 0 Å². The van der Waals surface area contributed by atoms with Crippen molar-refractivity contribution >= 4 is 28.5 Å². The van der Waals surface area contributed by atoms with E-state index in [-0.39, 0.29) is 24.3 Å². The molecule has 2 aliphatic rings. The van der Waals surface area contributed by atoms with Gasteiger partial charge in [-0.2, -0.15) is 0 Å². The van der Waals surface area contributed by atoms with Gasteiger partial charge in [-0.3, -0.25) is 9.59 Å². The maximum Gasteiger partial charge on any atom is 0.227 e. The summed E-state index contributed by atoms with van der Waals surface area (Å²) in [5, 5.41) is 7.00. The fourth-order valence-corrected chi connectivity index (χ4v) is 5.61. The molecule has 0 radical (unpaired) electrons. The molecule has 6 rings (SSSR count). The number of carbonyl (C=O) groups excluding carboxylic acids is 2. The van der Waals surface area contributed by atoms with Crippen LogP contribution in [-0.2, 0) is 9.59 Å². The highest BCUT2D eigenvalue weighted by molar-refractivity contribution is 5.96. The predicted octanol–water partition coefficient (Wildman–Crippen LogP) is 4.91. The Balaban J connectivity index is 1.51. The SMILES string of the molecule is Cc1noc(C)c1-c1ccc2c(c1)nc(C1CCC(=O)N1c1ccc(F)c(F)c1)n2C1CCC(=O)NC1. The summed E-state index contributed by atoms with van der Waals surface area (Å²) in [6.45, 7) is 4.18. The number of imidazole rings is 1. The highest BCUT2D eigenvalue weighted by Crippen LogP contribution is 2.41. The molecule has 2 amide bonds. The van der Waals surface area contributed by atoms with Crippen LogP contribution < -0.4 is 10.2 Å². The first-order chi connectivity index (χ1) is 17.8. The standard InChI is InChI=1S/C27H25F2N5O3/c1-14-26(15(2)37-32-14)16-3-7-22-21(11-16)31-27(34(22)18-5-9-24(35)30-13-18)23-8-10-25(36)33(23)17-4-6-19(28)20(29)12-17/h3-4,6-7,11-12,18,23H,5,8-10,13H2,1-2H3,(H,30,35). The monoisotopic (exact) mass is 505 g/mol. The number of hydrogen-bond acceptors (Lipinski definition) is 5. The minimum atomic E-state index is -1.01. The molecular formula is C27H25F2N5O3. The highest BCUT2D eigenvalue weighted by Gasteiger charge is 2.38. The summed E-state index contributed by atoms with van der Waals surface area (Å²) in [5.41, 5.74) is 4.49. The lowest BCUT2D eigenvalue weighted by atomic mass is 10.0. The van der Waals surface area contributed by atoms with Gasteiger partial charge in [0.15, 0.2) is 11.6 Å². The molecule has 10 heteroatoms. The van der Waals surface area contributed by atoms with Crippen molar-refractivity contribution in [3.05, 3.63) is 65.3 Å². The number of rotatable bonds is 4. The van der Waals surface area contributed by atoms with Crippen molar-refractivity contribution in [2.24, 2.45) is 0 Å². The summed E-state index contributed by atoms with van der Waals surface area (Å²) in [5.74, 6) is -0.794. The summed E-state index contributed by atoms with van der Waals surface area (Å²) >= 11 is 0. The summed E-state index contributed by atoms with van der Waals surface area (Å²) in [7, 11) is 0. The van der Waals surface area contributed by atoms with Crippen LogP contribution in [0.25, 0.3) is 22.2 Å². The zero-order valence-corrected chi connectivity index (χ0v) is 20.4. The van der Waals surface area contributed by atoms with Crippen molar-refractivity contribution in [3.63, 3.8) is 0 Å². The van der Waals surface area contributed by atoms with Crippen LogP contribution in [0.1, 0.15) is 55.0 Å². The molecule has 4 heterocycles. The van der Waals surface area contributed by atoms with Crippen molar-refractivity contribution in [2.45, 2.75) is 51.6 Å². The molecule has 1 N–H and O–H groups in total. The second-order valence-corrected chi connectivity index (χ2v) is 9.66. The second kappa shape index (κ2) is 8.79. The van der Waals surface area contributed by atoms with E-state index in [1.807, 2.05) is 32.0 Å². The van der Waals surface area contributed by atoms with Gasteiger partial charge in [-0.15, -0.1) is 0 Å². The van der Waals surface area contributed by atoms with E-state index in [2.05, 4.69) is 15.0 Å². The lowest BCUT2D eigenvalue weighted by molar-refractivity contribution is -0.122. The molecule has 2 aliphatic heterocycles. The Hall–Kier alpha value is -4.08. The van der Waals surface area contributed by atoms with Crippen LogP contribution in [0.2, 0.25) is 0 Å². The first-order valence-corrected chi connectivity index (χ1v) is 12.3. The van der Waals surface area contributed by atoms with Gasteiger partial charge < -0.3 is 19.3 Å². The van der Waals surface area contributed by atoms with E-state index in [9.17, 15) is 18.4 Å². The van der Waals surface area contributed by atoms with Gasteiger partial charge in [0.1, 0.15) is 11.6 Å². The number of carbonyl (C=O) groups is 2. The van der Waals surface area contributed by atoms with E-state index in [0.29, 0.717) is 43.1 Å². The number of halogens is 2. The van der Waals surface area contributed by atoms with E-state index < -0.39 is 17.7 Å². The molecule has 0 bridgehead atoms. The lowest BCUT2D eigenvalue weighted by Gasteiger charge is -2.30. The van der Waals surface area contributed by atoms with Crippen LogP contribution in [0.4, 0.5) is 14.5 Å². The van der Waals surface area contributed by atoms with E-state index >= 15 is 0 Å². The average molecular weight is 506 g/mol. The van der Waals surface area contributed by atoms with Crippen molar-refractivity contribution in [1.29, 1.82) is 0 Å². The van der Waals surface area contributed by atoms with E-state index in [1.165, 1.54) is 11.0 Å². The zero-order valence-electron chi connectivity index (χ0n) is 20.4. The molecule has 2 aromatic carbocycles. The summed E-state index contributed by atoms with van der Waals surface area (Å²) in [6, 6.07) is 8.92. The first-order valence-electron chi connectivity index (χ1n) is 12.3. The number of anilines is 1. The topological polar surface area (TPSA) is 93.3 Å². The molecule has 2 atom stereocenters. The number of nitrogens with zero attached hydrogens (tertiary/aromatic N) is 4. The third-order valence-electron chi connectivity index (χ3n) is 7.33. The highest BCUT2D eigenvalue weighted by atomic mass is 19.2. The number of benzene rings is 2. The third-order valence-corrected chi connectivity index (χ3v) is 7.33. The van der Waals surface area contributed by atoms with Crippen LogP contribution in [0.3, 0.4) is 0 Å². The Bertz CT molecular complexity index is 1530. The largest absolute Gasteiger partial charge is 0.361 e. The maximum absolute atomic E-state index is 14.1. The number of nitrogens with one attached hydrogen (secondary N) is 1. The smallest absolute Gasteiger partial charge is 0.227 e. The Kier molecular flexibility index (Phi) is 5.54. The van der Waals surface area contributed by atoms with Gasteiger partial charge >= 0.3 is 0 Å². The fourth-order valence-electron chi connectivity index (χ4n) is 5.61. The third kappa shape index (κ3) is 3.87. The Morgan fingerprint density at radius 1 is 1.03 bits per heavy atom. The minimum Gasteiger partial charge on any atom is -0.361 e. The van der Waals surface area contributed by atoms with Crippen molar-refractivity contribution in [3.8, 4) is 11.1 Å². The molecule has 0 saturated carbocycles. The molecule has 37 heavy (non-hydrogen) atoms. The molecule has 190 valence electrons. The van der Waals surface area contributed by atoms with E-state index in [4.69, 9.17) is 9.51 Å². The summed E-state index contributed by atoms with van der Waals surface area (Å²) < 4.78 is 35.2. The van der Waals surface area contributed by atoms with Crippen molar-refractivity contribution < 1.29 is 22.9 Å². The first kappa shape index (κ1) is 23.3. The molecular weight excluding hydrogens is 480 g/mol. The van der Waals surface area contributed by atoms with Gasteiger partial charge in [0.05, 0.1) is 28.8 Å². The van der Waals surface area contributed by atoms with Gasteiger partial charge in [0.2, 0.25) is 11.8 Å². The Morgan fingerprint density at radius 2 is 1.86 bits per heavy atom. The molecule has 0 spiro atoms. The maximum atomic E-state index is 14.1. The molecule has 4 aromatic rings. The molecule has 0 aliphatic carbocycles. The van der Waals surface area contributed by atoms with Gasteiger partial charge in [-0.05, 0) is 56.5 Å². The number of aryl methyl sites for hydroxylation is 2. The Morgan fingerprint density at radius 3 is 2.57 bits per heavy atom. The molecule has 8 nitrogen and oxygen atoms in total. The van der Waals surface area contributed by atoms with Gasteiger partial charge in [-0.25, -0.2) is 13.8 Å². The van der Waals surface area contributed by atoms with Crippen LogP contribution in [0.5, 0.6) is 0 Å². The van der Waals surface area contributed by atoms with Crippen LogP contribution in [0.15, 0.2) is 40.9 Å². The van der Waals surface area contributed by atoms with Crippen molar-refractivity contribution in [1.82, 2.24) is 20.0 Å². The molecule has 2 aromatic heterocycles. The number of aromatic nitrogens is 3. The molecule has 2 fully saturated rings. The Labute approximate surface area is 211 Å². The number of fused-ring (bicyclic) bond motifs is 1. The fraction of sp³-hybridized carbons (Fsp3) is 0.333. The lowest BCUT2D eigenvalue weighted by Crippen LogP contribution is -2.37. The second-order valence-electron chi connectivity index (χ2n) is 9.66. The number of hydrogen-bond donors (Lipinski definition) is 1. The molecule has 2 unspecified atom stereocenters. The van der Waals surface area contributed by atoms with Crippen LogP contribution in [0, 0.1) is 25.5 Å². The minimum absolute atomic E-state index is 0.00220. The normalized spacial score (nSPS) is 20.2. The van der Waals surface area contributed by atoms with Gasteiger partial charge in [-0.1, -0.05) is 11.2 Å². The molecule has 2 saturated heterocycles.